The van der Waals surface area contributed by atoms with Crippen molar-refractivity contribution in [3.05, 3.63) is 0 Å². The fourth-order valence-electron chi connectivity index (χ4n) is 2.17. The molecule has 0 spiro atoms. The summed E-state index contributed by atoms with van der Waals surface area (Å²) in [4.78, 5) is 12.3. The summed E-state index contributed by atoms with van der Waals surface area (Å²) in [7, 11) is 0. The summed E-state index contributed by atoms with van der Waals surface area (Å²) in [6.45, 7) is 0. The average molecular weight is 219 g/mol. The number of aliphatic hydroxyl groups excluding tert-OH is 5. The van der Waals surface area contributed by atoms with Crippen LogP contribution in [0.2, 0.25) is 0 Å². The Bertz CT molecular complexity index is 284. The van der Waals surface area contributed by atoms with Crippen LogP contribution in [0.15, 0.2) is 0 Å². The molecule has 5 N–H and O–H groups in total. The minimum absolute atomic E-state index is 0.0673. The Morgan fingerprint density at radius 2 is 1.67 bits per heavy atom. The van der Waals surface area contributed by atoms with E-state index in [1.54, 1.807) is 0 Å². The van der Waals surface area contributed by atoms with Crippen LogP contribution >= 0.6 is 0 Å². The maximum absolute atomic E-state index is 11.5. The molecule has 0 bridgehead atoms. The summed E-state index contributed by atoms with van der Waals surface area (Å²) >= 11 is 0. The number of nitrogens with zero attached hydrogens (tertiary/aromatic N) is 1. The van der Waals surface area contributed by atoms with E-state index in [0.717, 1.165) is 4.90 Å². The van der Waals surface area contributed by atoms with E-state index in [1.165, 1.54) is 0 Å². The molecular weight excluding hydrogens is 206 g/mol. The van der Waals surface area contributed by atoms with Gasteiger partial charge in [-0.25, -0.2) is 0 Å². The minimum Gasteiger partial charge on any atom is -0.390 e. The molecule has 1 amide bonds. The van der Waals surface area contributed by atoms with Crippen LogP contribution in [0.3, 0.4) is 0 Å². The molecule has 7 nitrogen and oxygen atoms in total. The van der Waals surface area contributed by atoms with Gasteiger partial charge >= 0.3 is 0 Å². The molecule has 0 aromatic carbocycles. The zero-order valence-corrected chi connectivity index (χ0v) is 7.76. The van der Waals surface area contributed by atoms with Crippen molar-refractivity contribution < 1.29 is 30.3 Å². The first-order chi connectivity index (χ1) is 6.95. The standard InChI is InChI=1S/C8H13NO6/c10-3-1-2-4(11)6(13)8(15)9(2)7(14)5(3)12/h2-6,8,10-13,15H,1H2. The van der Waals surface area contributed by atoms with Gasteiger partial charge in [0.1, 0.15) is 12.2 Å². The molecule has 7 heteroatoms. The predicted molar refractivity (Wildman–Crippen MR) is 45.3 cm³/mol. The fourth-order valence-corrected chi connectivity index (χ4v) is 2.17. The third-order valence-corrected chi connectivity index (χ3v) is 3.05. The van der Waals surface area contributed by atoms with Crippen LogP contribution < -0.4 is 0 Å². The average Bonchev–Trinajstić information content (AvgIpc) is 2.40. The highest BCUT2D eigenvalue weighted by Crippen LogP contribution is 2.32. The van der Waals surface area contributed by atoms with Crippen LogP contribution in [0.1, 0.15) is 6.42 Å². The molecule has 2 heterocycles. The van der Waals surface area contributed by atoms with E-state index >= 15 is 0 Å². The molecule has 2 aliphatic rings. The predicted octanol–water partition coefficient (Wildman–Crippen LogP) is -3.64. The summed E-state index contributed by atoms with van der Waals surface area (Å²) < 4.78 is 0. The third kappa shape index (κ3) is 1.35. The zero-order chi connectivity index (χ0) is 11.3. The molecule has 15 heavy (non-hydrogen) atoms. The molecule has 2 fully saturated rings. The number of aliphatic hydroxyl groups is 5. The fraction of sp³-hybridized carbons (Fsp3) is 0.875. The lowest BCUT2D eigenvalue weighted by atomic mass is 9.95. The third-order valence-electron chi connectivity index (χ3n) is 3.05. The van der Waals surface area contributed by atoms with Gasteiger partial charge in [-0.05, 0) is 6.42 Å². The quantitative estimate of drug-likeness (QED) is 0.286. The first-order valence-electron chi connectivity index (χ1n) is 4.67. The zero-order valence-electron chi connectivity index (χ0n) is 7.76. The molecule has 2 rings (SSSR count). The van der Waals surface area contributed by atoms with Gasteiger partial charge in [0.05, 0.1) is 12.1 Å². The van der Waals surface area contributed by atoms with E-state index < -0.39 is 42.6 Å². The Labute approximate surface area is 85.2 Å². The lowest BCUT2D eigenvalue weighted by Crippen LogP contribution is -2.57. The van der Waals surface area contributed by atoms with E-state index in [1.807, 2.05) is 0 Å². The molecular formula is C8H13NO6. The van der Waals surface area contributed by atoms with Crippen molar-refractivity contribution in [2.75, 3.05) is 0 Å². The van der Waals surface area contributed by atoms with E-state index in [9.17, 15) is 30.3 Å². The number of rotatable bonds is 0. The van der Waals surface area contributed by atoms with Crippen molar-refractivity contribution in [2.45, 2.75) is 43.1 Å². The molecule has 86 valence electrons. The second-order valence-corrected chi connectivity index (χ2v) is 3.96. The number of piperidine rings is 1. The molecule has 6 unspecified atom stereocenters. The number of hydrogen-bond donors (Lipinski definition) is 5. The lowest BCUT2D eigenvalue weighted by Gasteiger charge is -2.37. The van der Waals surface area contributed by atoms with Gasteiger partial charge in [0, 0.05) is 0 Å². The highest BCUT2D eigenvalue weighted by atomic mass is 16.4. The summed E-state index contributed by atoms with van der Waals surface area (Å²) in [5.41, 5.74) is 0. The van der Waals surface area contributed by atoms with Crippen LogP contribution in [0.25, 0.3) is 0 Å². The molecule has 0 aromatic heterocycles. The van der Waals surface area contributed by atoms with Gasteiger partial charge in [0.25, 0.3) is 5.91 Å². The largest absolute Gasteiger partial charge is 0.390 e. The Kier molecular flexibility index (Phi) is 2.44. The van der Waals surface area contributed by atoms with Crippen molar-refractivity contribution in [2.24, 2.45) is 0 Å². The van der Waals surface area contributed by atoms with Crippen LogP contribution in [-0.4, -0.2) is 73.0 Å². The van der Waals surface area contributed by atoms with E-state index in [2.05, 4.69) is 0 Å². The van der Waals surface area contributed by atoms with Crippen molar-refractivity contribution in [1.29, 1.82) is 0 Å². The number of fused-ring (bicyclic) bond motifs is 1. The molecule has 6 atom stereocenters. The molecule has 0 aromatic rings. The van der Waals surface area contributed by atoms with E-state index in [0.29, 0.717) is 0 Å². The normalized spacial score (nSPS) is 50.7. The van der Waals surface area contributed by atoms with E-state index in [-0.39, 0.29) is 6.42 Å². The number of carbonyl (C=O) groups excluding carboxylic acids is 1. The molecule has 0 radical (unpaired) electrons. The number of amides is 1. The Morgan fingerprint density at radius 3 is 2.27 bits per heavy atom. The Balaban J connectivity index is 2.28. The molecule has 0 aliphatic carbocycles. The first kappa shape index (κ1) is 10.8. The van der Waals surface area contributed by atoms with Crippen LogP contribution in [-0.2, 0) is 4.79 Å². The summed E-state index contributed by atoms with van der Waals surface area (Å²) in [5.74, 6) is -0.873. The van der Waals surface area contributed by atoms with Gasteiger partial charge in [0.15, 0.2) is 12.3 Å². The maximum atomic E-state index is 11.5. The number of hydrogen-bond acceptors (Lipinski definition) is 6. The summed E-state index contributed by atoms with van der Waals surface area (Å²) in [5, 5.41) is 46.8. The summed E-state index contributed by atoms with van der Waals surface area (Å²) in [6, 6.07) is -0.846. The second kappa shape index (κ2) is 3.39. The second-order valence-electron chi connectivity index (χ2n) is 3.96. The van der Waals surface area contributed by atoms with Gasteiger partial charge in [-0.1, -0.05) is 0 Å². The van der Waals surface area contributed by atoms with Gasteiger partial charge in [0.2, 0.25) is 0 Å². The van der Waals surface area contributed by atoms with E-state index in [4.69, 9.17) is 0 Å². The van der Waals surface area contributed by atoms with Gasteiger partial charge in [-0.2, -0.15) is 0 Å². The topological polar surface area (TPSA) is 121 Å². The molecule has 2 aliphatic heterocycles. The van der Waals surface area contributed by atoms with Crippen LogP contribution in [0.4, 0.5) is 0 Å². The van der Waals surface area contributed by atoms with Gasteiger partial charge in [-0.3, -0.25) is 4.79 Å². The van der Waals surface area contributed by atoms with Crippen LogP contribution in [0, 0.1) is 0 Å². The minimum atomic E-state index is -1.60. The lowest BCUT2D eigenvalue weighted by molar-refractivity contribution is -0.168. The van der Waals surface area contributed by atoms with Crippen molar-refractivity contribution in [1.82, 2.24) is 4.90 Å². The smallest absolute Gasteiger partial charge is 0.256 e. The van der Waals surface area contributed by atoms with Crippen molar-refractivity contribution in [3.8, 4) is 0 Å². The van der Waals surface area contributed by atoms with Crippen molar-refractivity contribution >= 4 is 5.91 Å². The highest BCUT2D eigenvalue weighted by molar-refractivity contribution is 5.83. The van der Waals surface area contributed by atoms with Crippen molar-refractivity contribution in [3.63, 3.8) is 0 Å². The molecule has 0 saturated carbocycles. The van der Waals surface area contributed by atoms with Gasteiger partial charge in [-0.15, -0.1) is 0 Å². The molecule has 2 saturated heterocycles. The monoisotopic (exact) mass is 219 g/mol. The SMILES string of the molecule is O=C1C(O)C(O)CC2C(O)C(O)C(O)N12. The number of carbonyl (C=O) groups is 1. The maximum Gasteiger partial charge on any atom is 0.256 e. The van der Waals surface area contributed by atoms with Gasteiger partial charge < -0.3 is 30.4 Å². The van der Waals surface area contributed by atoms with Crippen LogP contribution in [0.5, 0.6) is 0 Å². The Morgan fingerprint density at radius 1 is 1.07 bits per heavy atom. The highest BCUT2D eigenvalue weighted by Gasteiger charge is 2.54. The first-order valence-corrected chi connectivity index (χ1v) is 4.67. The Hall–Kier alpha value is -0.730. The summed E-state index contributed by atoms with van der Waals surface area (Å²) in [6.07, 6.45) is -7.23.